The fraction of sp³-hybridized carbons (Fsp3) is 0.250. The van der Waals surface area contributed by atoms with E-state index in [1.165, 1.54) is 0 Å². The SMILES string of the molecule is [C-]#[N+]c1cc2c(cc1Cl)N(CC)C(=CC=Cc1oc3ccc(-c4ccccc4)cc3[n+]1CCCS(=O)(=O)O)N2CCCS(=O)(=O)O. The van der Waals surface area contributed by atoms with Crippen molar-refractivity contribution in [1.29, 1.82) is 0 Å². The van der Waals surface area contributed by atoms with Crippen molar-refractivity contribution in [3.63, 3.8) is 0 Å². The first-order valence-electron chi connectivity index (χ1n) is 14.4. The van der Waals surface area contributed by atoms with Crippen LogP contribution >= 0.6 is 11.6 Å². The van der Waals surface area contributed by atoms with E-state index >= 15 is 0 Å². The highest BCUT2D eigenvalue weighted by Gasteiger charge is 2.31. The van der Waals surface area contributed by atoms with Crippen molar-refractivity contribution in [3.8, 4) is 11.1 Å². The predicted octanol–water partition coefficient (Wildman–Crippen LogP) is 6.35. The summed E-state index contributed by atoms with van der Waals surface area (Å²) in [6, 6.07) is 19.0. The largest absolute Gasteiger partial charge is 0.398 e. The second-order valence-corrected chi connectivity index (χ2v) is 14.2. The summed E-state index contributed by atoms with van der Waals surface area (Å²) >= 11 is 6.38. The highest BCUT2D eigenvalue weighted by molar-refractivity contribution is 7.86. The first-order valence-corrected chi connectivity index (χ1v) is 18.0. The van der Waals surface area contributed by atoms with E-state index in [1.807, 2.05) is 75.9 Å². The maximum absolute atomic E-state index is 11.5. The minimum absolute atomic E-state index is 0.133. The highest BCUT2D eigenvalue weighted by Crippen LogP contribution is 2.46. The molecule has 0 fully saturated rings. The molecule has 1 aliphatic heterocycles. The lowest BCUT2D eigenvalue weighted by Crippen LogP contribution is -2.36. The van der Waals surface area contributed by atoms with Crippen LogP contribution in [0.1, 0.15) is 25.7 Å². The lowest BCUT2D eigenvalue weighted by atomic mass is 10.1. The average Bonchev–Trinajstić information content (AvgIpc) is 3.49. The minimum atomic E-state index is -4.17. The van der Waals surface area contributed by atoms with Gasteiger partial charge in [0.1, 0.15) is 5.82 Å². The summed E-state index contributed by atoms with van der Waals surface area (Å²) in [5.74, 6) is 0.311. The molecule has 5 rings (SSSR count). The van der Waals surface area contributed by atoms with Crippen LogP contribution in [0.5, 0.6) is 0 Å². The van der Waals surface area contributed by atoms with Gasteiger partial charge in [0, 0.05) is 30.6 Å². The van der Waals surface area contributed by atoms with E-state index in [0.717, 1.165) is 22.3 Å². The zero-order valence-electron chi connectivity index (χ0n) is 24.9. The van der Waals surface area contributed by atoms with Crippen molar-refractivity contribution >= 4 is 66.1 Å². The first kappa shape index (κ1) is 33.2. The zero-order chi connectivity index (χ0) is 33.1. The molecule has 2 N–H and O–H groups in total. The van der Waals surface area contributed by atoms with Crippen LogP contribution in [-0.4, -0.2) is 50.5 Å². The molecule has 0 saturated carbocycles. The Balaban J connectivity index is 1.54. The maximum atomic E-state index is 11.5. The van der Waals surface area contributed by atoms with Gasteiger partial charge < -0.3 is 14.2 Å². The number of oxazole rings is 1. The summed E-state index contributed by atoms with van der Waals surface area (Å²) in [4.78, 5) is 7.37. The Labute approximate surface area is 272 Å². The second-order valence-electron chi connectivity index (χ2n) is 10.6. The normalized spacial score (nSPS) is 14.5. The molecule has 4 aromatic rings. The number of aromatic nitrogens is 1. The first-order chi connectivity index (χ1) is 21.9. The lowest BCUT2D eigenvalue weighted by molar-refractivity contribution is -0.677. The summed E-state index contributed by atoms with van der Waals surface area (Å²) in [5.41, 5.74) is 5.00. The Bertz CT molecular complexity index is 2090. The Kier molecular flexibility index (Phi) is 9.85. The topological polar surface area (TPSA) is 137 Å². The van der Waals surface area contributed by atoms with Crippen molar-refractivity contribution in [3.05, 3.63) is 101 Å². The van der Waals surface area contributed by atoms with Gasteiger partial charge in [-0.15, -0.1) is 0 Å². The molecular weight excluding hydrogens is 652 g/mol. The smallest absolute Gasteiger partial charge is 0.374 e. The van der Waals surface area contributed by atoms with E-state index in [1.54, 1.807) is 24.3 Å². The van der Waals surface area contributed by atoms with E-state index in [0.29, 0.717) is 34.5 Å². The van der Waals surface area contributed by atoms with Crippen LogP contribution in [0.3, 0.4) is 0 Å². The number of hydrogen-bond donors (Lipinski definition) is 2. The third kappa shape index (κ3) is 7.60. The zero-order valence-corrected chi connectivity index (χ0v) is 27.3. The lowest BCUT2D eigenvalue weighted by Gasteiger charge is -2.24. The molecular formula is C32H32ClN4O7S2+. The molecule has 0 atom stereocenters. The molecule has 11 nitrogen and oxygen atoms in total. The van der Waals surface area contributed by atoms with E-state index in [9.17, 15) is 25.9 Å². The summed E-state index contributed by atoms with van der Waals surface area (Å²) < 4.78 is 72.5. The van der Waals surface area contributed by atoms with Crippen molar-refractivity contribution in [2.75, 3.05) is 34.4 Å². The van der Waals surface area contributed by atoms with Gasteiger partial charge in [0.05, 0.1) is 35.5 Å². The van der Waals surface area contributed by atoms with Crippen LogP contribution in [-0.2, 0) is 26.8 Å². The molecule has 1 aliphatic rings. The second kappa shape index (κ2) is 13.7. The summed E-state index contributed by atoms with van der Waals surface area (Å²) in [5, 5.41) is 0.296. The molecule has 14 heteroatoms. The quantitative estimate of drug-likeness (QED) is 0.0995. The van der Waals surface area contributed by atoms with Gasteiger partial charge >= 0.3 is 5.89 Å². The molecule has 2 heterocycles. The molecule has 0 amide bonds. The Morgan fingerprint density at radius 1 is 0.935 bits per heavy atom. The maximum Gasteiger partial charge on any atom is 0.374 e. The molecule has 1 aromatic heterocycles. The number of benzene rings is 3. The van der Waals surface area contributed by atoms with Crippen LogP contribution in [0.25, 0.3) is 33.1 Å². The molecule has 0 aliphatic carbocycles. The molecule has 0 radical (unpaired) electrons. The monoisotopic (exact) mass is 683 g/mol. The van der Waals surface area contributed by atoms with Crippen LogP contribution in [0, 0.1) is 6.57 Å². The Hall–Kier alpha value is -4.19. The average molecular weight is 684 g/mol. The van der Waals surface area contributed by atoms with E-state index in [-0.39, 0.29) is 31.6 Å². The fourth-order valence-electron chi connectivity index (χ4n) is 5.49. The van der Waals surface area contributed by atoms with Crippen molar-refractivity contribution in [1.82, 2.24) is 0 Å². The Morgan fingerprint density at radius 3 is 2.30 bits per heavy atom. The number of hydrogen-bond acceptors (Lipinski definition) is 7. The number of nitrogens with zero attached hydrogens (tertiary/aromatic N) is 4. The van der Waals surface area contributed by atoms with Crippen molar-refractivity contribution in [2.45, 2.75) is 26.3 Å². The van der Waals surface area contributed by atoms with Crippen LogP contribution in [0.15, 0.2) is 83.1 Å². The van der Waals surface area contributed by atoms with Gasteiger partial charge in [-0.2, -0.15) is 21.4 Å². The standard InChI is InChI=1S/C32H31ClN4O7S2/c1-3-35-27-21-25(33)26(34-2)22-28(27)36(16-8-18-45(38,39)40)31(35)12-7-13-32-37(17-9-19-46(41,42)43)29-20-24(14-15-30(29)44-32)23-10-5-4-6-11-23/h4-7,10-15,20-22H,3,8-9,16-19H2,1H3,(H-,38,39,40,41,42,43)/p+1. The molecule has 46 heavy (non-hydrogen) atoms. The summed E-state index contributed by atoms with van der Waals surface area (Å²) in [6.45, 7) is 10.5. The van der Waals surface area contributed by atoms with Gasteiger partial charge in [0.25, 0.3) is 25.8 Å². The van der Waals surface area contributed by atoms with Crippen LogP contribution in [0.2, 0.25) is 5.02 Å². The fourth-order valence-corrected chi connectivity index (χ4v) is 6.68. The molecule has 0 unspecified atom stereocenters. The highest BCUT2D eigenvalue weighted by atomic mass is 35.5. The molecule has 0 bridgehead atoms. The van der Waals surface area contributed by atoms with Gasteiger partial charge in [0.15, 0.2) is 6.54 Å². The molecule has 0 spiro atoms. The number of rotatable bonds is 12. The van der Waals surface area contributed by atoms with Crippen molar-refractivity contribution < 1.29 is 34.9 Å². The van der Waals surface area contributed by atoms with Crippen molar-refractivity contribution in [2.24, 2.45) is 0 Å². The predicted molar refractivity (Wildman–Crippen MR) is 179 cm³/mol. The van der Waals surface area contributed by atoms with Crippen LogP contribution < -0.4 is 14.4 Å². The molecule has 240 valence electrons. The van der Waals surface area contributed by atoms with E-state index in [4.69, 9.17) is 22.6 Å². The third-order valence-corrected chi connectivity index (χ3v) is 9.42. The summed E-state index contributed by atoms with van der Waals surface area (Å²) in [7, 11) is -8.32. The number of anilines is 2. The number of allylic oxidation sites excluding steroid dienone is 2. The van der Waals surface area contributed by atoms with Gasteiger partial charge in [-0.1, -0.05) is 48.0 Å². The van der Waals surface area contributed by atoms with Gasteiger partial charge in [0.2, 0.25) is 11.3 Å². The number of aryl methyl sites for hydroxylation is 1. The molecule has 0 saturated heterocycles. The number of fused-ring (bicyclic) bond motifs is 2. The summed E-state index contributed by atoms with van der Waals surface area (Å²) in [6.07, 6.45) is 5.63. The van der Waals surface area contributed by atoms with E-state index in [2.05, 4.69) is 4.85 Å². The van der Waals surface area contributed by atoms with Crippen LogP contribution in [0.4, 0.5) is 17.1 Å². The van der Waals surface area contributed by atoms with Gasteiger partial charge in [-0.05, 0) is 54.8 Å². The van der Waals surface area contributed by atoms with Gasteiger partial charge in [-0.3, -0.25) is 9.11 Å². The Morgan fingerprint density at radius 2 is 1.63 bits per heavy atom. The van der Waals surface area contributed by atoms with E-state index < -0.39 is 31.7 Å². The van der Waals surface area contributed by atoms with Gasteiger partial charge in [-0.25, -0.2) is 4.85 Å². The minimum Gasteiger partial charge on any atom is -0.398 e. The third-order valence-electron chi connectivity index (χ3n) is 7.50. The number of halogens is 1. The molecule has 3 aromatic carbocycles.